The summed E-state index contributed by atoms with van der Waals surface area (Å²) >= 11 is 0. The van der Waals surface area contributed by atoms with Gasteiger partial charge in [-0.3, -0.25) is 10.00 Å². The lowest BCUT2D eigenvalue weighted by Gasteiger charge is -2.33. The first-order chi connectivity index (χ1) is 12.6. The standard InChI is InChI=1S/C17H21N7O2/c1-3-14-19-15(21-22(14)2)20-16(25)23-8-10-24(11-9-23)17-18-12-6-4-5-7-13(12)26-17/h4-7H,3,8-11H2,1-2H3,(H,20,21,25). The Balaban J connectivity index is 1.37. The molecule has 1 aliphatic rings. The smallest absolute Gasteiger partial charge is 0.324 e. The van der Waals surface area contributed by atoms with Crippen LogP contribution in [0.2, 0.25) is 0 Å². The van der Waals surface area contributed by atoms with E-state index in [-0.39, 0.29) is 6.03 Å². The van der Waals surface area contributed by atoms with Crippen LogP contribution in [0, 0.1) is 0 Å². The minimum Gasteiger partial charge on any atom is -0.423 e. The van der Waals surface area contributed by atoms with Crippen LogP contribution >= 0.6 is 0 Å². The second-order valence-corrected chi connectivity index (χ2v) is 6.20. The normalized spacial score (nSPS) is 14.8. The van der Waals surface area contributed by atoms with Gasteiger partial charge in [0.05, 0.1) is 0 Å². The molecule has 2 amide bonds. The molecule has 1 aliphatic heterocycles. The van der Waals surface area contributed by atoms with Crippen LogP contribution in [0.15, 0.2) is 28.7 Å². The summed E-state index contributed by atoms with van der Waals surface area (Å²) in [7, 11) is 1.82. The highest BCUT2D eigenvalue weighted by molar-refractivity contribution is 5.87. The number of piperazine rings is 1. The van der Waals surface area contributed by atoms with Gasteiger partial charge >= 0.3 is 6.03 Å². The first-order valence-corrected chi connectivity index (χ1v) is 8.70. The third kappa shape index (κ3) is 3.07. The third-order valence-corrected chi connectivity index (χ3v) is 4.51. The predicted octanol–water partition coefficient (Wildman–Crippen LogP) is 1.87. The molecule has 2 aromatic heterocycles. The van der Waals surface area contributed by atoms with Gasteiger partial charge in [0.1, 0.15) is 11.3 Å². The first-order valence-electron chi connectivity index (χ1n) is 8.70. The molecule has 3 aromatic rings. The summed E-state index contributed by atoms with van der Waals surface area (Å²) in [5.74, 6) is 1.18. The second-order valence-electron chi connectivity index (χ2n) is 6.20. The maximum Gasteiger partial charge on any atom is 0.324 e. The minimum atomic E-state index is -0.185. The van der Waals surface area contributed by atoms with Crippen molar-refractivity contribution in [3.8, 4) is 0 Å². The molecule has 136 valence electrons. The van der Waals surface area contributed by atoms with Gasteiger partial charge in [0.15, 0.2) is 5.58 Å². The van der Waals surface area contributed by atoms with Crippen molar-refractivity contribution < 1.29 is 9.21 Å². The molecule has 0 atom stereocenters. The molecule has 9 heteroatoms. The van der Waals surface area contributed by atoms with Gasteiger partial charge in [0, 0.05) is 39.6 Å². The summed E-state index contributed by atoms with van der Waals surface area (Å²) in [6.45, 7) is 4.49. The molecule has 0 unspecified atom stereocenters. The molecule has 0 saturated carbocycles. The summed E-state index contributed by atoms with van der Waals surface area (Å²) in [6, 6.07) is 8.11. The quantitative estimate of drug-likeness (QED) is 0.771. The summed E-state index contributed by atoms with van der Waals surface area (Å²) in [5.41, 5.74) is 1.62. The molecule has 1 N–H and O–H groups in total. The Kier molecular flexibility index (Phi) is 4.19. The van der Waals surface area contributed by atoms with Crippen molar-refractivity contribution in [2.45, 2.75) is 13.3 Å². The summed E-state index contributed by atoms with van der Waals surface area (Å²) in [6.07, 6.45) is 0.766. The highest BCUT2D eigenvalue weighted by atomic mass is 16.4. The monoisotopic (exact) mass is 355 g/mol. The molecular formula is C17H21N7O2. The van der Waals surface area contributed by atoms with E-state index < -0.39 is 0 Å². The maximum atomic E-state index is 12.4. The van der Waals surface area contributed by atoms with E-state index in [0.29, 0.717) is 38.1 Å². The van der Waals surface area contributed by atoms with E-state index >= 15 is 0 Å². The van der Waals surface area contributed by atoms with Gasteiger partial charge in [0.25, 0.3) is 6.01 Å². The average Bonchev–Trinajstić information content (AvgIpc) is 3.24. The van der Waals surface area contributed by atoms with E-state index in [1.807, 2.05) is 38.2 Å². The SMILES string of the molecule is CCc1nc(NC(=O)N2CCN(c3nc4ccccc4o3)CC2)nn1C. The van der Waals surface area contributed by atoms with Gasteiger partial charge in [0.2, 0.25) is 5.95 Å². The zero-order valence-electron chi connectivity index (χ0n) is 14.8. The van der Waals surface area contributed by atoms with Crippen LogP contribution in [0.4, 0.5) is 16.8 Å². The molecule has 4 rings (SSSR count). The molecule has 26 heavy (non-hydrogen) atoms. The number of fused-ring (bicyclic) bond motifs is 1. The Morgan fingerprint density at radius 2 is 1.96 bits per heavy atom. The van der Waals surface area contributed by atoms with Gasteiger partial charge in [-0.25, -0.2) is 4.79 Å². The molecule has 0 radical (unpaired) electrons. The van der Waals surface area contributed by atoms with Crippen molar-refractivity contribution in [3.05, 3.63) is 30.1 Å². The molecule has 1 saturated heterocycles. The van der Waals surface area contributed by atoms with Crippen LogP contribution in [-0.2, 0) is 13.5 Å². The summed E-state index contributed by atoms with van der Waals surface area (Å²) in [4.78, 5) is 25.1. The third-order valence-electron chi connectivity index (χ3n) is 4.51. The lowest BCUT2D eigenvalue weighted by atomic mass is 10.3. The number of para-hydroxylation sites is 2. The minimum absolute atomic E-state index is 0.185. The van der Waals surface area contributed by atoms with Crippen molar-refractivity contribution in [3.63, 3.8) is 0 Å². The number of benzene rings is 1. The van der Waals surface area contributed by atoms with E-state index in [1.54, 1.807) is 9.58 Å². The number of nitrogens with zero attached hydrogens (tertiary/aromatic N) is 6. The number of carbonyl (C=O) groups is 1. The largest absolute Gasteiger partial charge is 0.423 e. The van der Waals surface area contributed by atoms with Crippen molar-refractivity contribution in [2.75, 3.05) is 36.4 Å². The predicted molar refractivity (Wildman–Crippen MR) is 97.2 cm³/mol. The highest BCUT2D eigenvalue weighted by Crippen LogP contribution is 2.22. The number of rotatable bonds is 3. The summed E-state index contributed by atoms with van der Waals surface area (Å²) < 4.78 is 7.48. The zero-order chi connectivity index (χ0) is 18.1. The Labute approximate surface area is 150 Å². The van der Waals surface area contributed by atoms with E-state index in [1.165, 1.54) is 0 Å². The number of nitrogens with one attached hydrogen (secondary N) is 1. The van der Waals surface area contributed by atoms with Crippen LogP contribution in [0.25, 0.3) is 11.1 Å². The summed E-state index contributed by atoms with van der Waals surface area (Å²) in [5, 5.41) is 6.98. The molecule has 9 nitrogen and oxygen atoms in total. The molecular weight excluding hydrogens is 334 g/mol. The van der Waals surface area contributed by atoms with Gasteiger partial charge in [-0.15, -0.1) is 5.10 Å². The van der Waals surface area contributed by atoms with Crippen molar-refractivity contribution in [1.82, 2.24) is 24.6 Å². The molecule has 0 aliphatic carbocycles. The van der Waals surface area contributed by atoms with Crippen LogP contribution in [0.3, 0.4) is 0 Å². The Morgan fingerprint density at radius 3 is 2.65 bits per heavy atom. The molecule has 0 spiro atoms. The lowest BCUT2D eigenvalue weighted by molar-refractivity contribution is 0.207. The number of hydrogen-bond donors (Lipinski definition) is 1. The lowest BCUT2D eigenvalue weighted by Crippen LogP contribution is -2.50. The number of hydrogen-bond acceptors (Lipinski definition) is 6. The van der Waals surface area contributed by atoms with Gasteiger partial charge < -0.3 is 14.2 Å². The fourth-order valence-corrected chi connectivity index (χ4v) is 3.05. The number of anilines is 2. The van der Waals surface area contributed by atoms with Gasteiger partial charge in [-0.1, -0.05) is 19.1 Å². The molecule has 3 heterocycles. The van der Waals surface area contributed by atoms with Crippen LogP contribution in [0.1, 0.15) is 12.7 Å². The highest BCUT2D eigenvalue weighted by Gasteiger charge is 2.24. The number of urea groups is 1. The Morgan fingerprint density at radius 1 is 1.19 bits per heavy atom. The fourth-order valence-electron chi connectivity index (χ4n) is 3.05. The van der Waals surface area contributed by atoms with E-state index in [9.17, 15) is 4.79 Å². The van der Waals surface area contributed by atoms with E-state index in [4.69, 9.17) is 4.42 Å². The number of carbonyl (C=O) groups excluding carboxylic acids is 1. The van der Waals surface area contributed by atoms with Gasteiger partial charge in [-0.2, -0.15) is 9.97 Å². The van der Waals surface area contributed by atoms with Crippen LogP contribution < -0.4 is 10.2 Å². The average molecular weight is 355 g/mol. The number of oxazole rings is 1. The second kappa shape index (κ2) is 6.66. The van der Waals surface area contributed by atoms with Crippen molar-refractivity contribution in [1.29, 1.82) is 0 Å². The molecule has 1 fully saturated rings. The van der Waals surface area contributed by atoms with Crippen LogP contribution in [-0.4, -0.2) is 56.9 Å². The van der Waals surface area contributed by atoms with Gasteiger partial charge in [-0.05, 0) is 12.1 Å². The van der Waals surface area contributed by atoms with Crippen molar-refractivity contribution in [2.24, 2.45) is 7.05 Å². The van der Waals surface area contributed by atoms with Crippen molar-refractivity contribution >= 4 is 29.1 Å². The van der Waals surface area contributed by atoms with E-state index in [0.717, 1.165) is 23.3 Å². The maximum absolute atomic E-state index is 12.4. The number of aromatic nitrogens is 4. The number of aryl methyl sites for hydroxylation is 2. The first kappa shape index (κ1) is 16.4. The van der Waals surface area contributed by atoms with Crippen LogP contribution in [0.5, 0.6) is 0 Å². The number of amides is 2. The molecule has 0 bridgehead atoms. The fraction of sp³-hybridized carbons (Fsp3) is 0.412. The Hall–Kier alpha value is -3.10. The topological polar surface area (TPSA) is 92.3 Å². The van der Waals surface area contributed by atoms with E-state index in [2.05, 4.69) is 25.3 Å². The Bertz CT molecular complexity index is 891. The zero-order valence-corrected chi connectivity index (χ0v) is 14.8. The molecule has 1 aromatic carbocycles.